The Kier molecular flexibility index (Phi) is 5.25. The van der Waals surface area contributed by atoms with E-state index in [1.54, 1.807) is 4.90 Å². The molecule has 0 bridgehead atoms. The van der Waals surface area contributed by atoms with Crippen molar-refractivity contribution in [1.29, 1.82) is 0 Å². The molecule has 1 saturated heterocycles. The highest BCUT2D eigenvalue weighted by molar-refractivity contribution is 6.34. The van der Waals surface area contributed by atoms with Crippen LogP contribution in [0.1, 0.15) is 23.3 Å². The highest BCUT2D eigenvalue weighted by Gasteiger charge is 2.25. The van der Waals surface area contributed by atoms with E-state index in [0.717, 1.165) is 0 Å². The number of carbonyl (C=O) groups excluding carboxylic acids is 2. The van der Waals surface area contributed by atoms with Gasteiger partial charge in [-0.25, -0.2) is 9.78 Å². The third-order valence-corrected chi connectivity index (χ3v) is 3.81. The lowest BCUT2D eigenvalue weighted by Crippen LogP contribution is -2.46. The van der Waals surface area contributed by atoms with Gasteiger partial charge in [0, 0.05) is 19.1 Å². The van der Waals surface area contributed by atoms with Crippen LogP contribution in [0.25, 0.3) is 0 Å². The third-order valence-electron chi connectivity index (χ3n) is 3.29. The summed E-state index contributed by atoms with van der Waals surface area (Å²) in [5, 5.41) is 3.32. The van der Waals surface area contributed by atoms with Crippen LogP contribution in [0.3, 0.4) is 0 Å². The smallest absolute Gasteiger partial charge is 0.409 e. The van der Waals surface area contributed by atoms with E-state index >= 15 is 0 Å². The zero-order valence-electron chi connectivity index (χ0n) is 11.4. The van der Waals surface area contributed by atoms with E-state index in [1.807, 2.05) is 0 Å². The molecule has 0 unspecified atom stereocenters. The van der Waals surface area contributed by atoms with Gasteiger partial charge >= 0.3 is 6.09 Å². The molecule has 1 fully saturated rings. The van der Waals surface area contributed by atoms with Crippen LogP contribution in [-0.2, 0) is 4.74 Å². The highest BCUT2D eigenvalue weighted by Crippen LogP contribution is 2.18. The van der Waals surface area contributed by atoms with Crippen LogP contribution in [0.4, 0.5) is 4.79 Å². The predicted octanol–water partition coefficient (Wildman–Crippen LogP) is 2.35. The molecular weight excluding hydrogens is 317 g/mol. The number of halogens is 2. The van der Waals surface area contributed by atoms with Gasteiger partial charge in [-0.15, -0.1) is 0 Å². The molecule has 0 atom stereocenters. The minimum Gasteiger partial charge on any atom is -0.453 e. The van der Waals surface area contributed by atoms with E-state index < -0.39 is 0 Å². The standard InChI is InChI=1S/C13H15Cl2N3O3/c1-21-13(20)18-6-4-8(5-7-18)16-12(19)11-9(14)2-3-10(15)17-11/h2-3,8H,4-7H2,1H3,(H,16,19). The van der Waals surface area contributed by atoms with Crippen LogP contribution in [0.15, 0.2) is 12.1 Å². The molecule has 8 heteroatoms. The summed E-state index contributed by atoms with van der Waals surface area (Å²) < 4.78 is 4.66. The predicted molar refractivity (Wildman–Crippen MR) is 78.7 cm³/mol. The Morgan fingerprint density at radius 2 is 2.00 bits per heavy atom. The normalized spacial score (nSPS) is 15.7. The lowest BCUT2D eigenvalue weighted by Gasteiger charge is -2.31. The minimum atomic E-state index is -0.362. The number of hydrogen-bond acceptors (Lipinski definition) is 4. The maximum Gasteiger partial charge on any atom is 0.409 e. The number of likely N-dealkylation sites (tertiary alicyclic amines) is 1. The van der Waals surface area contributed by atoms with Gasteiger partial charge in [0.05, 0.1) is 12.1 Å². The summed E-state index contributed by atoms with van der Waals surface area (Å²) in [4.78, 5) is 29.0. The molecule has 1 N–H and O–H groups in total. The third kappa shape index (κ3) is 3.98. The lowest BCUT2D eigenvalue weighted by molar-refractivity contribution is 0.0888. The van der Waals surface area contributed by atoms with Gasteiger partial charge in [0.1, 0.15) is 10.8 Å². The minimum absolute atomic E-state index is 0.0322. The number of rotatable bonds is 2. The van der Waals surface area contributed by atoms with Gasteiger partial charge in [-0.1, -0.05) is 23.2 Å². The molecule has 114 valence electrons. The molecule has 1 aliphatic heterocycles. The first-order valence-electron chi connectivity index (χ1n) is 6.47. The van der Waals surface area contributed by atoms with Crippen molar-refractivity contribution < 1.29 is 14.3 Å². The van der Waals surface area contributed by atoms with Crippen molar-refractivity contribution in [3.05, 3.63) is 28.0 Å². The Labute approximate surface area is 132 Å². The van der Waals surface area contributed by atoms with Gasteiger partial charge in [0.2, 0.25) is 0 Å². The maximum atomic E-state index is 12.1. The van der Waals surface area contributed by atoms with Crippen LogP contribution in [0, 0.1) is 0 Å². The Morgan fingerprint density at radius 3 is 2.62 bits per heavy atom. The van der Waals surface area contributed by atoms with Gasteiger partial charge in [0.15, 0.2) is 0 Å². The second-order valence-corrected chi connectivity index (χ2v) is 5.46. The molecule has 1 aromatic rings. The molecule has 21 heavy (non-hydrogen) atoms. The summed E-state index contributed by atoms with van der Waals surface area (Å²) in [5.74, 6) is -0.362. The Hall–Kier alpha value is -1.53. The fourth-order valence-electron chi connectivity index (χ4n) is 2.17. The Balaban J connectivity index is 1.93. The van der Waals surface area contributed by atoms with Gasteiger partial charge in [0.25, 0.3) is 5.91 Å². The van der Waals surface area contributed by atoms with Crippen molar-refractivity contribution in [1.82, 2.24) is 15.2 Å². The molecule has 0 spiro atoms. The SMILES string of the molecule is COC(=O)N1CCC(NC(=O)c2nc(Cl)ccc2Cl)CC1. The van der Waals surface area contributed by atoms with Crippen molar-refractivity contribution in [3.8, 4) is 0 Å². The first-order valence-corrected chi connectivity index (χ1v) is 7.22. The molecule has 2 heterocycles. The Morgan fingerprint density at radius 1 is 1.33 bits per heavy atom. The number of hydrogen-bond donors (Lipinski definition) is 1. The monoisotopic (exact) mass is 331 g/mol. The van der Waals surface area contributed by atoms with E-state index in [1.165, 1.54) is 19.2 Å². The van der Waals surface area contributed by atoms with Crippen molar-refractivity contribution >= 4 is 35.2 Å². The molecule has 2 amide bonds. The molecule has 0 aromatic carbocycles. The number of ether oxygens (including phenoxy) is 1. The lowest BCUT2D eigenvalue weighted by atomic mass is 10.1. The van der Waals surface area contributed by atoms with E-state index in [0.29, 0.717) is 25.9 Å². The number of carbonyl (C=O) groups is 2. The summed E-state index contributed by atoms with van der Waals surface area (Å²) in [7, 11) is 1.35. The van der Waals surface area contributed by atoms with E-state index in [2.05, 4.69) is 15.0 Å². The van der Waals surface area contributed by atoms with Crippen LogP contribution in [-0.4, -0.2) is 48.1 Å². The number of methoxy groups -OCH3 is 1. The number of amides is 2. The van der Waals surface area contributed by atoms with Gasteiger partial charge in [-0.3, -0.25) is 4.79 Å². The number of nitrogens with zero attached hydrogens (tertiary/aromatic N) is 2. The molecule has 2 rings (SSSR count). The number of aromatic nitrogens is 1. The van der Waals surface area contributed by atoms with Gasteiger partial charge in [-0.2, -0.15) is 0 Å². The number of nitrogens with one attached hydrogen (secondary N) is 1. The van der Waals surface area contributed by atoms with Gasteiger partial charge in [-0.05, 0) is 25.0 Å². The van der Waals surface area contributed by atoms with Gasteiger partial charge < -0.3 is 15.0 Å². The van der Waals surface area contributed by atoms with Crippen LogP contribution >= 0.6 is 23.2 Å². The summed E-state index contributed by atoms with van der Waals surface area (Å²) in [6.07, 6.45) is 0.956. The first kappa shape index (κ1) is 15.9. The molecule has 0 saturated carbocycles. The van der Waals surface area contributed by atoms with Crippen LogP contribution in [0.2, 0.25) is 10.2 Å². The molecule has 0 aliphatic carbocycles. The van der Waals surface area contributed by atoms with Crippen molar-refractivity contribution in [2.24, 2.45) is 0 Å². The van der Waals surface area contributed by atoms with Crippen LogP contribution in [0.5, 0.6) is 0 Å². The zero-order valence-corrected chi connectivity index (χ0v) is 12.9. The maximum absolute atomic E-state index is 12.1. The fourth-order valence-corrected chi connectivity index (χ4v) is 2.51. The Bertz CT molecular complexity index is 545. The topological polar surface area (TPSA) is 71.5 Å². The van der Waals surface area contributed by atoms with E-state index in [4.69, 9.17) is 23.2 Å². The second kappa shape index (κ2) is 6.95. The molecule has 0 radical (unpaired) electrons. The summed E-state index contributed by atoms with van der Waals surface area (Å²) in [6, 6.07) is 3.02. The summed E-state index contributed by atoms with van der Waals surface area (Å²) >= 11 is 11.7. The second-order valence-electron chi connectivity index (χ2n) is 4.67. The van der Waals surface area contributed by atoms with Crippen molar-refractivity contribution in [2.75, 3.05) is 20.2 Å². The van der Waals surface area contributed by atoms with Crippen LogP contribution < -0.4 is 5.32 Å². The molecule has 1 aliphatic rings. The summed E-state index contributed by atoms with van der Waals surface area (Å²) in [6.45, 7) is 1.07. The zero-order chi connectivity index (χ0) is 15.4. The van der Waals surface area contributed by atoms with E-state index in [-0.39, 0.29) is 33.9 Å². The largest absolute Gasteiger partial charge is 0.453 e. The average Bonchev–Trinajstić information content (AvgIpc) is 2.49. The quantitative estimate of drug-likeness (QED) is 0.844. The summed E-state index contributed by atoms with van der Waals surface area (Å²) in [5.41, 5.74) is 0.111. The average molecular weight is 332 g/mol. The number of pyridine rings is 1. The first-order chi connectivity index (χ1) is 10.0. The molecule has 6 nitrogen and oxygen atoms in total. The molecule has 1 aromatic heterocycles. The number of piperidine rings is 1. The van der Waals surface area contributed by atoms with Crippen molar-refractivity contribution in [3.63, 3.8) is 0 Å². The highest BCUT2D eigenvalue weighted by atomic mass is 35.5. The van der Waals surface area contributed by atoms with Crippen molar-refractivity contribution in [2.45, 2.75) is 18.9 Å². The van der Waals surface area contributed by atoms with E-state index in [9.17, 15) is 9.59 Å². The fraction of sp³-hybridized carbons (Fsp3) is 0.462. The molecular formula is C13H15Cl2N3O3.